The SMILES string of the molecule is CC(C)(C)NCCC(C)(C)c1ccc(Cl)s1. The molecule has 3 heteroatoms. The summed E-state index contributed by atoms with van der Waals surface area (Å²) in [6.07, 6.45) is 1.13. The number of rotatable bonds is 4. The average molecular weight is 260 g/mol. The zero-order valence-electron chi connectivity index (χ0n) is 10.9. The van der Waals surface area contributed by atoms with E-state index in [1.54, 1.807) is 11.3 Å². The molecule has 1 aromatic heterocycles. The Hall–Kier alpha value is -0.0500. The van der Waals surface area contributed by atoms with Gasteiger partial charge < -0.3 is 5.32 Å². The van der Waals surface area contributed by atoms with E-state index in [0.29, 0.717) is 0 Å². The Morgan fingerprint density at radius 1 is 1.19 bits per heavy atom. The van der Waals surface area contributed by atoms with Crippen molar-refractivity contribution in [1.29, 1.82) is 0 Å². The third-order valence-corrected chi connectivity index (χ3v) is 4.24. The number of nitrogens with one attached hydrogen (secondary N) is 1. The molecule has 92 valence electrons. The van der Waals surface area contributed by atoms with Gasteiger partial charge in [-0.2, -0.15) is 0 Å². The topological polar surface area (TPSA) is 12.0 Å². The van der Waals surface area contributed by atoms with Crippen molar-refractivity contribution in [3.63, 3.8) is 0 Å². The van der Waals surface area contributed by atoms with Crippen LogP contribution in [0.4, 0.5) is 0 Å². The quantitative estimate of drug-likeness (QED) is 0.842. The van der Waals surface area contributed by atoms with Crippen LogP contribution in [0.15, 0.2) is 12.1 Å². The van der Waals surface area contributed by atoms with Crippen LogP contribution < -0.4 is 5.32 Å². The maximum absolute atomic E-state index is 5.98. The molecule has 0 bridgehead atoms. The van der Waals surface area contributed by atoms with Crippen LogP contribution in [0.1, 0.15) is 45.9 Å². The highest BCUT2D eigenvalue weighted by Crippen LogP contribution is 2.34. The van der Waals surface area contributed by atoms with Crippen LogP contribution in [-0.4, -0.2) is 12.1 Å². The average Bonchev–Trinajstić information content (AvgIpc) is 2.49. The van der Waals surface area contributed by atoms with Gasteiger partial charge in [-0.05, 0) is 45.9 Å². The van der Waals surface area contributed by atoms with Gasteiger partial charge in [-0.1, -0.05) is 25.4 Å². The van der Waals surface area contributed by atoms with E-state index in [2.05, 4.69) is 46.0 Å². The van der Waals surface area contributed by atoms with Crippen molar-refractivity contribution in [1.82, 2.24) is 5.32 Å². The van der Waals surface area contributed by atoms with Gasteiger partial charge in [-0.15, -0.1) is 11.3 Å². The Balaban J connectivity index is 2.52. The van der Waals surface area contributed by atoms with Crippen LogP contribution in [0.25, 0.3) is 0 Å². The summed E-state index contributed by atoms with van der Waals surface area (Å²) in [7, 11) is 0. The molecule has 16 heavy (non-hydrogen) atoms. The lowest BCUT2D eigenvalue weighted by atomic mass is 9.87. The summed E-state index contributed by atoms with van der Waals surface area (Å²) in [5, 5.41) is 3.53. The van der Waals surface area contributed by atoms with Gasteiger partial charge in [0.25, 0.3) is 0 Å². The zero-order chi connectivity index (χ0) is 12.4. The Morgan fingerprint density at radius 3 is 2.25 bits per heavy atom. The third-order valence-electron chi connectivity index (χ3n) is 2.65. The largest absolute Gasteiger partial charge is 0.312 e. The van der Waals surface area contributed by atoms with Crippen LogP contribution >= 0.6 is 22.9 Å². The number of thiophene rings is 1. The predicted molar refractivity (Wildman–Crippen MR) is 74.7 cm³/mol. The number of halogens is 1. The summed E-state index contributed by atoms with van der Waals surface area (Å²) in [6, 6.07) is 4.13. The number of hydrogen-bond acceptors (Lipinski definition) is 2. The van der Waals surface area contributed by atoms with Crippen molar-refractivity contribution in [3.8, 4) is 0 Å². The van der Waals surface area contributed by atoms with Gasteiger partial charge in [0, 0.05) is 15.8 Å². The van der Waals surface area contributed by atoms with Gasteiger partial charge in [0.15, 0.2) is 0 Å². The normalized spacial score (nSPS) is 13.1. The van der Waals surface area contributed by atoms with Crippen molar-refractivity contribution >= 4 is 22.9 Å². The highest BCUT2D eigenvalue weighted by atomic mass is 35.5. The summed E-state index contributed by atoms with van der Waals surface area (Å²) in [6.45, 7) is 12.2. The lowest BCUT2D eigenvalue weighted by Crippen LogP contribution is -2.38. The molecule has 1 nitrogen and oxygen atoms in total. The van der Waals surface area contributed by atoms with E-state index in [0.717, 1.165) is 17.3 Å². The molecule has 1 N–H and O–H groups in total. The fraction of sp³-hybridized carbons (Fsp3) is 0.692. The van der Waals surface area contributed by atoms with Crippen LogP contribution in [0.2, 0.25) is 4.34 Å². The van der Waals surface area contributed by atoms with Crippen molar-refractivity contribution in [2.75, 3.05) is 6.54 Å². The van der Waals surface area contributed by atoms with Crippen LogP contribution in [0.3, 0.4) is 0 Å². The zero-order valence-corrected chi connectivity index (χ0v) is 12.4. The Bertz CT molecular complexity index is 336. The van der Waals surface area contributed by atoms with E-state index in [9.17, 15) is 0 Å². The Labute approximate surface area is 108 Å². The molecule has 0 atom stereocenters. The standard InChI is InChI=1S/C13H22ClNS/c1-12(2,3)15-9-8-13(4,5)10-6-7-11(14)16-10/h6-7,15H,8-9H2,1-5H3. The first-order valence-electron chi connectivity index (χ1n) is 5.72. The monoisotopic (exact) mass is 259 g/mol. The van der Waals surface area contributed by atoms with Crippen molar-refractivity contribution in [3.05, 3.63) is 21.3 Å². The van der Waals surface area contributed by atoms with Crippen LogP contribution in [0, 0.1) is 0 Å². The molecule has 0 amide bonds. The van der Waals surface area contributed by atoms with E-state index in [4.69, 9.17) is 11.6 Å². The lowest BCUT2D eigenvalue weighted by Gasteiger charge is -2.27. The molecule has 0 aliphatic rings. The molecule has 0 radical (unpaired) electrons. The van der Waals surface area contributed by atoms with Crippen molar-refractivity contribution in [2.45, 2.75) is 52.0 Å². The first kappa shape index (κ1) is 14.0. The summed E-state index contributed by atoms with van der Waals surface area (Å²) >= 11 is 7.67. The molecular weight excluding hydrogens is 238 g/mol. The van der Waals surface area contributed by atoms with E-state index < -0.39 is 0 Å². The van der Waals surface area contributed by atoms with Gasteiger partial charge >= 0.3 is 0 Å². The maximum atomic E-state index is 5.98. The van der Waals surface area contributed by atoms with Crippen LogP contribution in [0.5, 0.6) is 0 Å². The van der Waals surface area contributed by atoms with Gasteiger partial charge in [0.2, 0.25) is 0 Å². The Kier molecular flexibility index (Phi) is 4.44. The predicted octanol–water partition coefficient (Wildman–Crippen LogP) is 4.46. The fourth-order valence-electron chi connectivity index (χ4n) is 1.55. The molecule has 0 aromatic carbocycles. The van der Waals surface area contributed by atoms with Gasteiger partial charge in [-0.25, -0.2) is 0 Å². The first-order valence-corrected chi connectivity index (χ1v) is 6.91. The van der Waals surface area contributed by atoms with Crippen molar-refractivity contribution < 1.29 is 0 Å². The highest BCUT2D eigenvalue weighted by Gasteiger charge is 2.22. The molecule has 0 aliphatic carbocycles. The molecule has 0 unspecified atom stereocenters. The minimum Gasteiger partial charge on any atom is -0.312 e. The molecule has 0 fully saturated rings. The second-order valence-corrected chi connectivity index (χ2v) is 7.63. The third kappa shape index (κ3) is 4.44. The molecule has 0 spiro atoms. The van der Waals surface area contributed by atoms with E-state index >= 15 is 0 Å². The number of hydrogen-bond donors (Lipinski definition) is 1. The van der Waals surface area contributed by atoms with Crippen LogP contribution in [-0.2, 0) is 5.41 Å². The molecule has 1 aromatic rings. The van der Waals surface area contributed by atoms with E-state index in [1.807, 2.05) is 6.07 Å². The molecular formula is C13H22ClNS. The highest BCUT2D eigenvalue weighted by molar-refractivity contribution is 7.16. The Morgan fingerprint density at radius 2 is 1.81 bits per heavy atom. The minimum atomic E-state index is 0.198. The smallest absolute Gasteiger partial charge is 0.0931 e. The molecule has 1 heterocycles. The van der Waals surface area contributed by atoms with Gasteiger partial charge in [0.05, 0.1) is 4.34 Å². The van der Waals surface area contributed by atoms with Gasteiger partial charge in [-0.3, -0.25) is 0 Å². The minimum absolute atomic E-state index is 0.198. The summed E-state index contributed by atoms with van der Waals surface area (Å²) in [5.74, 6) is 0. The molecule has 1 rings (SSSR count). The van der Waals surface area contributed by atoms with E-state index in [-0.39, 0.29) is 11.0 Å². The molecule has 0 saturated heterocycles. The first-order chi connectivity index (χ1) is 7.21. The van der Waals surface area contributed by atoms with Crippen molar-refractivity contribution in [2.24, 2.45) is 0 Å². The second kappa shape index (κ2) is 5.07. The molecule has 0 aliphatic heterocycles. The van der Waals surface area contributed by atoms with E-state index in [1.165, 1.54) is 4.88 Å². The van der Waals surface area contributed by atoms with Gasteiger partial charge in [0.1, 0.15) is 0 Å². The summed E-state index contributed by atoms with van der Waals surface area (Å²) in [5.41, 5.74) is 0.402. The summed E-state index contributed by atoms with van der Waals surface area (Å²) in [4.78, 5) is 1.37. The maximum Gasteiger partial charge on any atom is 0.0931 e. The fourth-order valence-corrected chi connectivity index (χ4v) is 2.72. The molecule has 0 saturated carbocycles. The summed E-state index contributed by atoms with van der Waals surface area (Å²) < 4.78 is 0.881. The second-order valence-electron chi connectivity index (χ2n) is 5.91. The lowest BCUT2D eigenvalue weighted by molar-refractivity contribution is 0.382.